The van der Waals surface area contributed by atoms with Crippen LogP contribution < -0.4 is 10.1 Å². The van der Waals surface area contributed by atoms with Gasteiger partial charge in [0.05, 0.1) is 6.42 Å². The maximum atomic E-state index is 12.0. The molecular weight excluding hydrogens is 358 g/mol. The van der Waals surface area contributed by atoms with E-state index in [4.69, 9.17) is 14.6 Å². The number of alkyl carbamates (subject to hydrolysis) is 1. The van der Waals surface area contributed by atoms with Crippen LogP contribution in [0.15, 0.2) is 54.6 Å². The molecular formula is C22H27NO5. The molecule has 0 aliphatic heterocycles. The van der Waals surface area contributed by atoms with Crippen LogP contribution >= 0.6 is 0 Å². The lowest BCUT2D eigenvalue weighted by atomic mass is 10.0. The number of hydrogen-bond donors (Lipinski definition) is 2. The van der Waals surface area contributed by atoms with Gasteiger partial charge in [-0.15, -0.1) is 0 Å². The minimum atomic E-state index is -0.988. The first-order chi connectivity index (χ1) is 13.2. The van der Waals surface area contributed by atoms with Crippen molar-refractivity contribution in [2.75, 3.05) is 0 Å². The molecule has 150 valence electrons. The number of aliphatic carboxylic acids is 1. The average Bonchev–Trinajstić information content (AvgIpc) is 2.59. The first-order valence-corrected chi connectivity index (χ1v) is 9.18. The van der Waals surface area contributed by atoms with E-state index in [1.165, 1.54) is 0 Å². The van der Waals surface area contributed by atoms with Crippen molar-refractivity contribution in [1.29, 1.82) is 0 Å². The smallest absolute Gasteiger partial charge is 0.407 e. The Kier molecular flexibility index (Phi) is 7.44. The summed E-state index contributed by atoms with van der Waals surface area (Å²) in [7, 11) is 0. The molecule has 1 amide bonds. The summed E-state index contributed by atoms with van der Waals surface area (Å²) in [5, 5.41) is 11.8. The zero-order valence-corrected chi connectivity index (χ0v) is 16.5. The fraction of sp³-hybridized carbons (Fsp3) is 0.364. The van der Waals surface area contributed by atoms with Gasteiger partial charge >= 0.3 is 12.1 Å². The van der Waals surface area contributed by atoms with E-state index in [1.807, 2.05) is 54.6 Å². The summed E-state index contributed by atoms with van der Waals surface area (Å²) >= 11 is 0. The standard InChI is InChI=1S/C22H27NO5/c1-22(2,3)28-21(26)23-18(14-20(24)25)12-17-10-7-11-19(13-17)27-15-16-8-5-4-6-9-16/h4-11,13,18H,12,14-15H2,1-3H3,(H,23,26)(H,24,25)/t18-/m0/s1. The second-order valence-corrected chi connectivity index (χ2v) is 7.57. The Morgan fingerprint density at radius 3 is 2.36 bits per heavy atom. The van der Waals surface area contributed by atoms with Crippen molar-refractivity contribution in [2.45, 2.75) is 51.9 Å². The van der Waals surface area contributed by atoms with Crippen LogP contribution in [0.2, 0.25) is 0 Å². The molecule has 0 unspecified atom stereocenters. The number of hydrogen-bond acceptors (Lipinski definition) is 4. The third kappa shape index (κ3) is 8.12. The van der Waals surface area contributed by atoms with Crippen LogP contribution in [-0.2, 0) is 22.6 Å². The summed E-state index contributed by atoms with van der Waals surface area (Å²) in [6.07, 6.45) is -0.474. The summed E-state index contributed by atoms with van der Waals surface area (Å²) in [5.74, 6) is -0.301. The van der Waals surface area contributed by atoms with Crippen molar-refractivity contribution in [2.24, 2.45) is 0 Å². The Bertz CT molecular complexity index is 783. The second-order valence-electron chi connectivity index (χ2n) is 7.57. The molecule has 0 spiro atoms. The highest BCUT2D eigenvalue weighted by atomic mass is 16.6. The van der Waals surface area contributed by atoms with Gasteiger partial charge < -0.3 is 19.9 Å². The quantitative estimate of drug-likeness (QED) is 0.712. The zero-order valence-electron chi connectivity index (χ0n) is 16.5. The average molecular weight is 385 g/mol. The molecule has 0 fully saturated rings. The Morgan fingerprint density at radius 1 is 1.04 bits per heavy atom. The number of amides is 1. The molecule has 2 aromatic rings. The first kappa shape index (κ1) is 21.3. The number of nitrogens with one attached hydrogen (secondary N) is 1. The normalized spacial score (nSPS) is 12.1. The number of carbonyl (C=O) groups excluding carboxylic acids is 1. The van der Waals surface area contributed by atoms with E-state index in [0.29, 0.717) is 18.8 Å². The molecule has 6 nitrogen and oxygen atoms in total. The van der Waals surface area contributed by atoms with Crippen LogP contribution in [0, 0.1) is 0 Å². The lowest BCUT2D eigenvalue weighted by Crippen LogP contribution is -2.41. The van der Waals surface area contributed by atoms with Gasteiger partial charge in [0, 0.05) is 6.04 Å². The molecule has 2 aromatic carbocycles. The molecule has 0 aliphatic rings. The molecule has 2 N–H and O–H groups in total. The van der Waals surface area contributed by atoms with E-state index >= 15 is 0 Å². The van der Waals surface area contributed by atoms with Gasteiger partial charge in [-0.3, -0.25) is 4.79 Å². The second kappa shape index (κ2) is 9.78. The van der Waals surface area contributed by atoms with E-state index in [1.54, 1.807) is 20.8 Å². The topological polar surface area (TPSA) is 84.9 Å². The van der Waals surface area contributed by atoms with Crippen molar-refractivity contribution >= 4 is 12.1 Å². The van der Waals surface area contributed by atoms with Crippen molar-refractivity contribution in [3.63, 3.8) is 0 Å². The summed E-state index contributed by atoms with van der Waals surface area (Å²) in [5.41, 5.74) is 1.28. The Morgan fingerprint density at radius 2 is 1.71 bits per heavy atom. The highest BCUT2D eigenvalue weighted by molar-refractivity contribution is 5.71. The Hall–Kier alpha value is -3.02. The highest BCUT2D eigenvalue weighted by Crippen LogP contribution is 2.17. The Labute approximate surface area is 165 Å². The minimum Gasteiger partial charge on any atom is -0.489 e. The molecule has 0 aromatic heterocycles. The third-order valence-corrected chi connectivity index (χ3v) is 3.77. The predicted molar refractivity (Wildman–Crippen MR) is 106 cm³/mol. The zero-order chi connectivity index (χ0) is 20.6. The number of benzene rings is 2. The maximum Gasteiger partial charge on any atom is 0.407 e. The van der Waals surface area contributed by atoms with E-state index < -0.39 is 23.7 Å². The molecule has 0 heterocycles. The molecule has 0 aliphatic carbocycles. The van der Waals surface area contributed by atoms with Crippen LogP contribution in [-0.4, -0.2) is 28.8 Å². The molecule has 0 bridgehead atoms. The van der Waals surface area contributed by atoms with Crippen LogP contribution in [0.1, 0.15) is 38.3 Å². The number of carboxylic acid groups (broad SMARTS) is 1. The summed E-state index contributed by atoms with van der Waals surface area (Å²) in [4.78, 5) is 23.2. The van der Waals surface area contributed by atoms with Crippen LogP contribution in [0.5, 0.6) is 5.75 Å². The molecule has 1 atom stereocenters. The van der Waals surface area contributed by atoms with Crippen LogP contribution in [0.4, 0.5) is 4.79 Å². The summed E-state index contributed by atoms with van der Waals surface area (Å²) in [6.45, 7) is 5.71. The number of carbonyl (C=O) groups is 2. The third-order valence-electron chi connectivity index (χ3n) is 3.77. The van der Waals surface area contributed by atoms with Gasteiger partial charge in [-0.1, -0.05) is 42.5 Å². The van der Waals surface area contributed by atoms with Crippen molar-refractivity contribution < 1.29 is 24.2 Å². The van der Waals surface area contributed by atoms with Crippen LogP contribution in [0.25, 0.3) is 0 Å². The van der Waals surface area contributed by atoms with E-state index in [-0.39, 0.29) is 6.42 Å². The summed E-state index contributed by atoms with van der Waals surface area (Å²) in [6, 6.07) is 16.7. The monoisotopic (exact) mass is 385 g/mol. The van der Waals surface area contributed by atoms with Crippen LogP contribution in [0.3, 0.4) is 0 Å². The molecule has 0 saturated carbocycles. The lowest BCUT2D eigenvalue weighted by molar-refractivity contribution is -0.137. The van der Waals surface area contributed by atoms with Gasteiger partial charge in [0.15, 0.2) is 0 Å². The fourth-order valence-corrected chi connectivity index (χ4v) is 2.65. The molecule has 28 heavy (non-hydrogen) atoms. The minimum absolute atomic E-state index is 0.200. The summed E-state index contributed by atoms with van der Waals surface area (Å²) < 4.78 is 11.0. The van der Waals surface area contributed by atoms with Gasteiger partial charge in [0.25, 0.3) is 0 Å². The molecule has 2 rings (SSSR count). The number of rotatable bonds is 8. The molecule has 6 heteroatoms. The lowest BCUT2D eigenvalue weighted by Gasteiger charge is -2.23. The van der Waals surface area contributed by atoms with E-state index in [9.17, 15) is 9.59 Å². The largest absolute Gasteiger partial charge is 0.489 e. The number of carboxylic acids is 1. The molecule has 0 saturated heterocycles. The maximum absolute atomic E-state index is 12.0. The molecule has 0 radical (unpaired) electrons. The van der Waals surface area contributed by atoms with Gasteiger partial charge in [0.1, 0.15) is 18.0 Å². The van der Waals surface area contributed by atoms with Gasteiger partial charge in [-0.2, -0.15) is 0 Å². The fourth-order valence-electron chi connectivity index (χ4n) is 2.65. The van der Waals surface area contributed by atoms with Gasteiger partial charge in [-0.25, -0.2) is 4.79 Å². The van der Waals surface area contributed by atoms with Gasteiger partial charge in [0.2, 0.25) is 0 Å². The SMILES string of the molecule is CC(C)(C)OC(=O)N[C@H](CC(=O)O)Cc1cccc(OCc2ccccc2)c1. The predicted octanol–water partition coefficient (Wildman–Crippen LogP) is 4.18. The van der Waals surface area contributed by atoms with E-state index in [2.05, 4.69) is 5.32 Å². The van der Waals surface area contributed by atoms with Crippen molar-refractivity contribution in [3.8, 4) is 5.75 Å². The first-order valence-electron chi connectivity index (χ1n) is 9.18. The van der Waals surface area contributed by atoms with Crippen molar-refractivity contribution in [3.05, 3.63) is 65.7 Å². The number of ether oxygens (including phenoxy) is 2. The van der Waals surface area contributed by atoms with E-state index in [0.717, 1.165) is 11.1 Å². The Balaban J connectivity index is 2.00. The van der Waals surface area contributed by atoms with Crippen molar-refractivity contribution in [1.82, 2.24) is 5.32 Å². The van der Waals surface area contributed by atoms with Gasteiger partial charge in [-0.05, 0) is 50.5 Å². The highest BCUT2D eigenvalue weighted by Gasteiger charge is 2.21.